The molecule has 1 unspecified atom stereocenters. The van der Waals surface area contributed by atoms with Crippen LogP contribution in [0.1, 0.15) is 56.7 Å². The fourth-order valence-electron chi connectivity index (χ4n) is 3.30. The number of fused-ring (bicyclic) bond motifs is 1. The van der Waals surface area contributed by atoms with E-state index in [1.807, 2.05) is 0 Å². The van der Waals surface area contributed by atoms with Crippen LogP contribution in [0.25, 0.3) is 0 Å². The molecule has 1 aliphatic rings. The van der Waals surface area contributed by atoms with Gasteiger partial charge in [0.25, 0.3) is 0 Å². The van der Waals surface area contributed by atoms with Gasteiger partial charge in [-0.15, -0.1) is 0 Å². The molecule has 1 aromatic carbocycles. The lowest BCUT2D eigenvalue weighted by Gasteiger charge is -2.30. The van der Waals surface area contributed by atoms with Crippen molar-refractivity contribution in [1.29, 1.82) is 0 Å². The Morgan fingerprint density at radius 2 is 1.89 bits per heavy atom. The second-order valence-corrected chi connectivity index (χ2v) is 7.06. The second-order valence-electron chi connectivity index (χ2n) is 7.06. The molecule has 0 aromatic heterocycles. The summed E-state index contributed by atoms with van der Waals surface area (Å²) in [4.78, 5) is 0. The quantitative estimate of drug-likeness (QED) is 0.838. The number of hydrogen-bond acceptors (Lipinski definition) is 1. The van der Waals surface area contributed by atoms with E-state index < -0.39 is 0 Å². The first-order chi connectivity index (χ1) is 9.00. The Kier molecular flexibility index (Phi) is 4.67. The van der Waals surface area contributed by atoms with Crippen molar-refractivity contribution >= 4 is 0 Å². The Balaban J connectivity index is 1.86. The van der Waals surface area contributed by atoms with E-state index in [0.29, 0.717) is 11.5 Å². The van der Waals surface area contributed by atoms with E-state index in [1.54, 1.807) is 11.1 Å². The van der Waals surface area contributed by atoms with Crippen LogP contribution in [0.5, 0.6) is 0 Å². The monoisotopic (exact) mass is 259 g/mol. The smallest absolute Gasteiger partial charge is 0.0113 e. The molecule has 2 rings (SSSR count). The molecule has 1 aliphatic carbocycles. The van der Waals surface area contributed by atoms with Gasteiger partial charge < -0.3 is 5.32 Å². The second kappa shape index (κ2) is 6.09. The molecule has 19 heavy (non-hydrogen) atoms. The molecular weight excluding hydrogens is 230 g/mol. The summed E-state index contributed by atoms with van der Waals surface area (Å²) in [6.07, 6.45) is 7.70. The SMILES string of the molecule is CNC(CCCc1ccc2c(c1)CCC2)C(C)(C)C. The summed E-state index contributed by atoms with van der Waals surface area (Å²) in [6, 6.07) is 7.77. The van der Waals surface area contributed by atoms with E-state index >= 15 is 0 Å². The van der Waals surface area contributed by atoms with Gasteiger partial charge in [-0.1, -0.05) is 39.0 Å². The summed E-state index contributed by atoms with van der Waals surface area (Å²) in [7, 11) is 2.09. The maximum Gasteiger partial charge on any atom is 0.0113 e. The third kappa shape index (κ3) is 3.82. The maximum atomic E-state index is 3.47. The predicted molar refractivity (Wildman–Crippen MR) is 83.7 cm³/mol. The van der Waals surface area contributed by atoms with Crippen molar-refractivity contribution in [2.24, 2.45) is 5.41 Å². The average Bonchev–Trinajstić information content (AvgIpc) is 2.80. The van der Waals surface area contributed by atoms with E-state index in [-0.39, 0.29) is 0 Å². The van der Waals surface area contributed by atoms with Crippen LogP contribution in [0.3, 0.4) is 0 Å². The molecule has 0 spiro atoms. The number of rotatable bonds is 5. The fourth-order valence-corrected chi connectivity index (χ4v) is 3.30. The third-order valence-electron chi connectivity index (χ3n) is 4.52. The van der Waals surface area contributed by atoms with Crippen molar-refractivity contribution in [2.75, 3.05) is 7.05 Å². The highest BCUT2D eigenvalue weighted by Gasteiger charge is 2.22. The summed E-state index contributed by atoms with van der Waals surface area (Å²) >= 11 is 0. The standard InChI is InChI=1S/C18H29N/c1-18(2,3)17(19-4)10-5-7-14-11-12-15-8-6-9-16(15)13-14/h11-13,17,19H,5-10H2,1-4H3. The predicted octanol–water partition coefficient (Wildman–Crippen LogP) is 4.13. The molecule has 0 bridgehead atoms. The molecule has 1 nitrogen and oxygen atoms in total. The lowest BCUT2D eigenvalue weighted by atomic mass is 9.83. The van der Waals surface area contributed by atoms with E-state index in [9.17, 15) is 0 Å². The molecule has 1 heteroatoms. The van der Waals surface area contributed by atoms with Crippen molar-refractivity contribution in [3.63, 3.8) is 0 Å². The topological polar surface area (TPSA) is 12.0 Å². The lowest BCUT2D eigenvalue weighted by Crippen LogP contribution is -2.37. The van der Waals surface area contributed by atoms with Gasteiger partial charge in [0.2, 0.25) is 0 Å². The summed E-state index contributed by atoms with van der Waals surface area (Å²) in [5.41, 5.74) is 5.08. The van der Waals surface area contributed by atoms with Crippen LogP contribution in [-0.4, -0.2) is 13.1 Å². The Morgan fingerprint density at radius 1 is 1.16 bits per heavy atom. The zero-order valence-electron chi connectivity index (χ0n) is 13.1. The Hall–Kier alpha value is -0.820. The Labute approximate surface area is 118 Å². The highest BCUT2D eigenvalue weighted by atomic mass is 14.9. The number of hydrogen-bond donors (Lipinski definition) is 1. The van der Waals surface area contributed by atoms with Crippen molar-refractivity contribution in [3.8, 4) is 0 Å². The van der Waals surface area contributed by atoms with Crippen LogP contribution < -0.4 is 5.32 Å². The van der Waals surface area contributed by atoms with Crippen LogP contribution in [0.4, 0.5) is 0 Å². The zero-order valence-corrected chi connectivity index (χ0v) is 13.1. The van der Waals surface area contributed by atoms with E-state index in [0.717, 1.165) is 0 Å². The molecule has 0 amide bonds. The Morgan fingerprint density at radius 3 is 2.58 bits per heavy atom. The molecule has 0 fully saturated rings. The normalized spacial score (nSPS) is 16.4. The first-order valence-corrected chi connectivity index (χ1v) is 7.78. The summed E-state index contributed by atoms with van der Waals surface area (Å²) in [6.45, 7) is 6.97. The average molecular weight is 259 g/mol. The molecule has 0 heterocycles. The van der Waals surface area contributed by atoms with Crippen LogP contribution in [-0.2, 0) is 19.3 Å². The van der Waals surface area contributed by atoms with Crippen molar-refractivity contribution in [2.45, 2.75) is 65.3 Å². The first-order valence-electron chi connectivity index (χ1n) is 7.78. The molecule has 0 aliphatic heterocycles. The minimum atomic E-state index is 0.354. The lowest BCUT2D eigenvalue weighted by molar-refractivity contribution is 0.263. The fraction of sp³-hybridized carbons (Fsp3) is 0.667. The van der Waals surface area contributed by atoms with Crippen LogP contribution in [0, 0.1) is 5.41 Å². The van der Waals surface area contributed by atoms with Gasteiger partial charge in [-0.2, -0.15) is 0 Å². The van der Waals surface area contributed by atoms with Gasteiger partial charge in [0.05, 0.1) is 0 Å². The Bertz CT molecular complexity index is 414. The van der Waals surface area contributed by atoms with Crippen molar-refractivity contribution in [1.82, 2.24) is 5.32 Å². The minimum Gasteiger partial charge on any atom is -0.316 e. The van der Waals surface area contributed by atoms with E-state index in [2.05, 4.69) is 51.3 Å². The van der Waals surface area contributed by atoms with E-state index in [4.69, 9.17) is 0 Å². The van der Waals surface area contributed by atoms with Gasteiger partial charge in [-0.3, -0.25) is 0 Å². The molecule has 0 saturated carbocycles. The highest BCUT2D eigenvalue weighted by Crippen LogP contribution is 2.25. The van der Waals surface area contributed by atoms with Gasteiger partial charge in [-0.05, 0) is 67.7 Å². The van der Waals surface area contributed by atoms with Crippen LogP contribution in [0.15, 0.2) is 18.2 Å². The summed E-state index contributed by atoms with van der Waals surface area (Å²) in [5, 5.41) is 3.47. The molecule has 1 N–H and O–H groups in total. The molecule has 0 saturated heterocycles. The van der Waals surface area contributed by atoms with Gasteiger partial charge >= 0.3 is 0 Å². The number of nitrogens with one attached hydrogen (secondary N) is 1. The minimum absolute atomic E-state index is 0.354. The zero-order chi connectivity index (χ0) is 13.9. The van der Waals surface area contributed by atoms with Crippen LogP contribution in [0.2, 0.25) is 0 Å². The van der Waals surface area contributed by atoms with E-state index in [1.165, 1.54) is 44.1 Å². The first kappa shape index (κ1) is 14.6. The van der Waals surface area contributed by atoms with Gasteiger partial charge in [0.15, 0.2) is 0 Å². The summed E-state index contributed by atoms with van der Waals surface area (Å²) < 4.78 is 0. The maximum absolute atomic E-state index is 3.47. The summed E-state index contributed by atoms with van der Waals surface area (Å²) in [5.74, 6) is 0. The van der Waals surface area contributed by atoms with Gasteiger partial charge in [0.1, 0.15) is 0 Å². The van der Waals surface area contributed by atoms with Crippen LogP contribution >= 0.6 is 0 Å². The molecule has 1 aromatic rings. The number of benzene rings is 1. The molecule has 106 valence electrons. The number of aryl methyl sites for hydroxylation is 3. The molecule has 1 atom stereocenters. The largest absolute Gasteiger partial charge is 0.316 e. The molecule has 0 radical (unpaired) electrons. The van der Waals surface area contributed by atoms with Gasteiger partial charge in [-0.25, -0.2) is 0 Å². The molecular formula is C18H29N. The third-order valence-corrected chi connectivity index (χ3v) is 4.52. The van der Waals surface area contributed by atoms with Crippen molar-refractivity contribution in [3.05, 3.63) is 34.9 Å². The van der Waals surface area contributed by atoms with Crippen molar-refractivity contribution < 1.29 is 0 Å². The van der Waals surface area contributed by atoms with Gasteiger partial charge in [0, 0.05) is 6.04 Å². The highest BCUT2D eigenvalue weighted by molar-refractivity contribution is 5.35.